The number of esters is 4. The molecule has 1 fully saturated rings. The van der Waals surface area contributed by atoms with Crippen LogP contribution in [0, 0.1) is 20.2 Å². The quantitative estimate of drug-likeness (QED) is 0.211. The van der Waals surface area contributed by atoms with Crippen LogP contribution >= 0.6 is 0 Å². The fourth-order valence-corrected chi connectivity index (χ4v) is 3.42. The van der Waals surface area contributed by atoms with Gasteiger partial charge in [-0.15, -0.1) is 0 Å². The lowest BCUT2D eigenvalue weighted by atomic mass is 9.95. The van der Waals surface area contributed by atoms with Crippen molar-refractivity contribution in [1.82, 2.24) is 0 Å². The highest BCUT2D eigenvalue weighted by Crippen LogP contribution is 2.34. The number of hydrogen-bond acceptors (Lipinski definition) is 14. The molecule has 36 heavy (non-hydrogen) atoms. The maximum Gasteiger partial charge on any atom is 0.305 e. The average Bonchev–Trinajstić information content (AvgIpc) is 2.75. The van der Waals surface area contributed by atoms with Crippen molar-refractivity contribution in [1.29, 1.82) is 0 Å². The van der Waals surface area contributed by atoms with Gasteiger partial charge in [0.25, 0.3) is 11.4 Å². The van der Waals surface area contributed by atoms with Crippen molar-refractivity contribution in [3.8, 4) is 0 Å². The minimum Gasteiger partial charge on any atom is -0.463 e. The van der Waals surface area contributed by atoms with Gasteiger partial charge in [-0.05, 0) is 6.07 Å². The van der Waals surface area contributed by atoms with Crippen LogP contribution in [0.15, 0.2) is 18.2 Å². The van der Waals surface area contributed by atoms with Crippen LogP contribution in [0.4, 0.5) is 17.1 Å². The molecule has 0 aromatic heterocycles. The molecule has 16 heteroatoms. The number of hydrogen-bond donors (Lipinski definition) is 1. The van der Waals surface area contributed by atoms with Crippen molar-refractivity contribution in [2.75, 3.05) is 11.9 Å². The second kappa shape index (κ2) is 11.9. The normalized spacial score (nSPS) is 23.1. The highest BCUT2D eigenvalue weighted by Gasteiger charge is 2.52. The van der Waals surface area contributed by atoms with Gasteiger partial charge in [-0.1, -0.05) is 0 Å². The third-order valence-electron chi connectivity index (χ3n) is 4.70. The molecule has 1 heterocycles. The van der Waals surface area contributed by atoms with E-state index in [1.165, 1.54) is 0 Å². The van der Waals surface area contributed by atoms with Crippen LogP contribution in [0.3, 0.4) is 0 Å². The number of nitrogens with one attached hydrogen (secondary N) is 1. The summed E-state index contributed by atoms with van der Waals surface area (Å²) in [6, 6.07) is 1.33. The molecule has 0 aliphatic carbocycles. The van der Waals surface area contributed by atoms with Gasteiger partial charge in [0.1, 0.15) is 24.4 Å². The Morgan fingerprint density at radius 2 is 1.47 bits per heavy atom. The minimum absolute atomic E-state index is 0.278. The smallest absolute Gasteiger partial charge is 0.305 e. The first-order valence-electron chi connectivity index (χ1n) is 10.3. The molecule has 0 radical (unpaired) electrons. The van der Waals surface area contributed by atoms with E-state index >= 15 is 0 Å². The largest absolute Gasteiger partial charge is 0.463 e. The number of anilines is 1. The molecule has 196 valence electrons. The Kier molecular flexibility index (Phi) is 9.20. The molecule has 1 aromatic carbocycles. The fraction of sp³-hybridized carbons (Fsp3) is 0.500. The van der Waals surface area contributed by atoms with Crippen molar-refractivity contribution < 1.29 is 52.7 Å². The molecule has 1 saturated heterocycles. The molecule has 1 N–H and O–H groups in total. The molecule has 0 bridgehead atoms. The Morgan fingerprint density at radius 3 is 1.97 bits per heavy atom. The maximum atomic E-state index is 11.9. The molecular weight excluding hydrogens is 490 g/mol. The monoisotopic (exact) mass is 513 g/mol. The summed E-state index contributed by atoms with van der Waals surface area (Å²) in [5, 5.41) is 25.4. The molecule has 2 rings (SSSR count). The SMILES string of the molecule is CC(=O)OC[C@H]1OC(OC(C)=O)[C@H](OC(C)=O)[C@@H](Nc2ccc([N+](=O)[O-])cc2[N+](=O)[O-])[C@@H]1OC(C)=O. The number of carbonyl (C=O) groups is 4. The van der Waals surface area contributed by atoms with E-state index in [4.69, 9.17) is 23.7 Å². The fourth-order valence-electron chi connectivity index (χ4n) is 3.42. The Labute approximate surface area is 203 Å². The van der Waals surface area contributed by atoms with Crippen LogP contribution in [0.2, 0.25) is 0 Å². The molecule has 16 nitrogen and oxygen atoms in total. The summed E-state index contributed by atoms with van der Waals surface area (Å²) in [6.07, 6.45) is -5.84. The number of rotatable bonds is 9. The summed E-state index contributed by atoms with van der Waals surface area (Å²) in [5.74, 6) is -3.28. The topological polar surface area (TPSA) is 213 Å². The average molecular weight is 513 g/mol. The zero-order valence-electron chi connectivity index (χ0n) is 19.5. The Morgan fingerprint density at radius 1 is 0.889 bits per heavy atom. The second-order valence-corrected chi connectivity index (χ2v) is 7.49. The van der Waals surface area contributed by atoms with E-state index in [9.17, 15) is 39.4 Å². The standard InChI is InChI=1S/C20H23N3O13/c1-9(24)32-8-16-18(33-10(2)25)17(19(34-11(3)26)20(36-16)35-12(4)27)21-14-6-5-13(22(28)29)7-15(14)23(30)31/h5-7,16-21H,8H2,1-4H3/t16-,17+,18-,19-,20?/m1/s1. The van der Waals surface area contributed by atoms with Gasteiger partial charge in [-0.3, -0.25) is 39.4 Å². The van der Waals surface area contributed by atoms with Crippen molar-refractivity contribution in [2.45, 2.75) is 58.3 Å². The Hall–Kier alpha value is -4.34. The van der Waals surface area contributed by atoms with Crippen molar-refractivity contribution in [3.05, 3.63) is 38.4 Å². The van der Waals surface area contributed by atoms with Gasteiger partial charge in [0.2, 0.25) is 6.29 Å². The summed E-state index contributed by atoms with van der Waals surface area (Å²) >= 11 is 0. The first kappa shape index (κ1) is 27.9. The summed E-state index contributed by atoms with van der Waals surface area (Å²) in [6.45, 7) is 3.72. The van der Waals surface area contributed by atoms with E-state index in [0.29, 0.717) is 6.07 Å². The molecular formula is C20H23N3O13. The minimum atomic E-state index is -1.62. The number of benzene rings is 1. The van der Waals surface area contributed by atoms with Crippen molar-refractivity contribution in [3.63, 3.8) is 0 Å². The molecule has 0 spiro atoms. The van der Waals surface area contributed by atoms with Gasteiger partial charge >= 0.3 is 23.9 Å². The molecule has 0 amide bonds. The first-order chi connectivity index (χ1) is 16.8. The number of nitro benzene ring substituents is 2. The highest BCUT2D eigenvalue weighted by molar-refractivity contribution is 5.70. The van der Waals surface area contributed by atoms with Gasteiger partial charge in [0.15, 0.2) is 12.2 Å². The lowest BCUT2D eigenvalue weighted by Crippen LogP contribution is -2.64. The summed E-state index contributed by atoms with van der Waals surface area (Å²) in [5.41, 5.74) is -1.57. The highest BCUT2D eigenvalue weighted by atomic mass is 16.7. The Balaban J connectivity index is 2.63. The van der Waals surface area contributed by atoms with E-state index in [-0.39, 0.29) is 5.69 Å². The van der Waals surface area contributed by atoms with Crippen molar-refractivity contribution >= 4 is 40.9 Å². The second-order valence-electron chi connectivity index (χ2n) is 7.49. The van der Waals surface area contributed by atoms with Crippen LogP contribution in [0.5, 0.6) is 0 Å². The van der Waals surface area contributed by atoms with Crippen LogP contribution in [-0.2, 0) is 42.9 Å². The number of non-ortho nitro benzene ring substituents is 1. The predicted octanol–water partition coefficient (Wildman–Crippen LogP) is 0.998. The summed E-state index contributed by atoms with van der Waals surface area (Å²) < 4.78 is 26.3. The van der Waals surface area contributed by atoms with Gasteiger partial charge < -0.3 is 29.0 Å². The van der Waals surface area contributed by atoms with Gasteiger partial charge in [-0.2, -0.15) is 0 Å². The van der Waals surface area contributed by atoms with E-state index in [1.807, 2.05) is 0 Å². The van der Waals surface area contributed by atoms with E-state index in [2.05, 4.69) is 5.32 Å². The lowest BCUT2D eigenvalue weighted by molar-refractivity contribution is -0.393. The molecule has 1 aromatic rings. The zero-order valence-corrected chi connectivity index (χ0v) is 19.5. The molecule has 1 unspecified atom stereocenters. The zero-order chi connectivity index (χ0) is 27.2. The molecule has 5 atom stereocenters. The number of carbonyl (C=O) groups excluding carboxylic acids is 4. The third-order valence-corrected chi connectivity index (χ3v) is 4.70. The van der Waals surface area contributed by atoms with Crippen LogP contribution in [0.25, 0.3) is 0 Å². The maximum absolute atomic E-state index is 11.9. The lowest BCUT2D eigenvalue weighted by Gasteiger charge is -2.44. The molecule has 1 aliphatic rings. The summed E-state index contributed by atoms with van der Waals surface area (Å²) in [4.78, 5) is 67.8. The van der Waals surface area contributed by atoms with E-state index in [0.717, 1.165) is 39.8 Å². The first-order valence-corrected chi connectivity index (χ1v) is 10.3. The summed E-state index contributed by atoms with van der Waals surface area (Å²) in [7, 11) is 0. The van der Waals surface area contributed by atoms with Gasteiger partial charge in [0, 0.05) is 33.8 Å². The molecule has 1 aliphatic heterocycles. The number of ether oxygens (including phenoxy) is 5. The van der Waals surface area contributed by atoms with Gasteiger partial charge in [-0.25, -0.2) is 0 Å². The number of nitrogens with zero attached hydrogens (tertiary/aromatic N) is 2. The van der Waals surface area contributed by atoms with E-state index < -0.39 is 82.3 Å². The van der Waals surface area contributed by atoms with Crippen LogP contribution in [0.1, 0.15) is 27.7 Å². The van der Waals surface area contributed by atoms with Crippen molar-refractivity contribution in [2.24, 2.45) is 0 Å². The molecule has 0 saturated carbocycles. The predicted molar refractivity (Wildman–Crippen MR) is 115 cm³/mol. The van der Waals surface area contributed by atoms with Gasteiger partial charge in [0.05, 0.1) is 15.9 Å². The van der Waals surface area contributed by atoms with Crippen LogP contribution in [-0.4, -0.2) is 71.0 Å². The van der Waals surface area contributed by atoms with E-state index in [1.54, 1.807) is 0 Å². The third kappa shape index (κ3) is 7.33. The van der Waals surface area contributed by atoms with Crippen LogP contribution < -0.4 is 5.32 Å². The number of nitro groups is 2. The Bertz CT molecular complexity index is 1060.